The minimum Gasteiger partial charge on any atom is -0.322 e. The molecule has 1 N–H and O–H groups in total. The fraction of sp³-hybridized carbons (Fsp3) is 0.0500. The predicted molar refractivity (Wildman–Crippen MR) is 94.0 cm³/mol. The van der Waals surface area contributed by atoms with Gasteiger partial charge in [0.25, 0.3) is 5.91 Å². The Bertz CT molecular complexity index is 947. The number of halogens is 2. The van der Waals surface area contributed by atoms with Crippen molar-refractivity contribution in [2.75, 3.05) is 5.32 Å². The van der Waals surface area contributed by atoms with Crippen LogP contribution in [0, 0.1) is 5.82 Å². The second kappa shape index (κ2) is 5.77. The Kier molecular flexibility index (Phi) is 3.58. The highest BCUT2D eigenvalue weighted by atomic mass is 35.5. The molecule has 1 aliphatic carbocycles. The maximum absolute atomic E-state index is 13.9. The van der Waals surface area contributed by atoms with E-state index >= 15 is 0 Å². The summed E-state index contributed by atoms with van der Waals surface area (Å²) in [5, 5.41) is 2.83. The summed E-state index contributed by atoms with van der Waals surface area (Å²) >= 11 is 5.94. The number of amides is 1. The van der Waals surface area contributed by atoms with E-state index in [1.54, 1.807) is 0 Å². The summed E-state index contributed by atoms with van der Waals surface area (Å²) in [7, 11) is 0. The van der Waals surface area contributed by atoms with Crippen molar-refractivity contribution in [1.29, 1.82) is 0 Å². The summed E-state index contributed by atoms with van der Waals surface area (Å²) in [5.41, 5.74) is 5.31. The van der Waals surface area contributed by atoms with Crippen molar-refractivity contribution < 1.29 is 9.18 Å². The first kappa shape index (κ1) is 14.9. The lowest BCUT2D eigenvalue weighted by molar-refractivity contribution is 0.102. The van der Waals surface area contributed by atoms with Gasteiger partial charge in [0, 0.05) is 5.69 Å². The normalized spacial score (nSPS) is 11.8. The van der Waals surface area contributed by atoms with Gasteiger partial charge in [0.2, 0.25) is 0 Å². The number of fused-ring (bicyclic) bond motifs is 3. The number of carbonyl (C=O) groups is 1. The van der Waals surface area contributed by atoms with Crippen molar-refractivity contribution in [2.45, 2.75) is 6.42 Å². The van der Waals surface area contributed by atoms with Crippen LogP contribution in [-0.2, 0) is 6.42 Å². The van der Waals surface area contributed by atoms with E-state index in [0.717, 1.165) is 12.0 Å². The predicted octanol–water partition coefficient (Wildman–Crippen LogP) is 5.30. The second-order valence-corrected chi connectivity index (χ2v) is 6.16. The molecule has 4 heteroatoms. The number of anilines is 1. The van der Waals surface area contributed by atoms with Crippen molar-refractivity contribution in [1.82, 2.24) is 0 Å². The molecule has 3 aromatic rings. The molecule has 0 aromatic heterocycles. The summed E-state index contributed by atoms with van der Waals surface area (Å²) in [6.07, 6.45) is 0.829. The third-order valence-corrected chi connectivity index (χ3v) is 4.56. The smallest absolute Gasteiger partial charge is 0.260 e. The topological polar surface area (TPSA) is 29.1 Å². The van der Waals surface area contributed by atoms with E-state index in [4.69, 9.17) is 11.6 Å². The molecular weight excluding hydrogens is 325 g/mol. The molecule has 0 aliphatic heterocycles. The van der Waals surface area contributed by atoms with Crippen molar-refractivity contribution in [2.24, 2.45) is 0 Å². The molecular formula is C20H13ClFNO. The largest absolute Gasteiger partial charge is 0.322 e. The van der Waals surface area contributed by atoms with E-state index in [0.29, 0.717) is 5.69 Å². The highest BCUT2D eigenvalue weighted by molar-refractivity contribution is 6.34. The van der Waals surface area contributed by atoms with E-state index < -0.39 is 11.7 Å². The van der Waals surface area contributed by atoms with E-state index in [9.17, 15) is 9.18 Å². The standard InChI is InChI=1S/C20H13ClFNO/c21-17-6-3-7-18(22)19(17)20(24)23-14-8-9-16-13(11-14)10-12-4-1-2-5-15(12)16/h1-9,11H,10H2,(H,23,24). The Balaban J connectivity index is 1.63. The van der Waals surface area contributed by atoms with Gasteiger partial charge in [-0.2, -0.15) is 0 Å². The molecule has 0 fully saturated rings. The zero-order valence-electron chi connectivity index (χ0n) is 12.6. The lowest BCUT2D eigenvalue weighted by Crippen LogP contribution is -2.14. The summed E-state index contributed by atoms with van der Waals surface area (Å²) in [4.78, 5) is 12.3. The van der Waals surface area contributed by atoms with Gasteiger partial charge in [-0.15, -0.1) is 0 Å². The first-order valence-corrected chi connectivity index (χ1v) is 7.98. The van der Waals surface area contributed by atoms with Crippen LogP contribution in [0.4, 0.5) is 10.1 Å². The summed E-state index contributed by atoms with van der Waals surface area (Å²) in [6.45, 7) is 0. The first-order chi connectivity index (χ1) is 11.6. The molecule has 0 unspecified atom stereocenters. The molecule has 0 bridgehead atoms. The summed E-state index contributed by atoms with van der Waals surface area (Å²) in [6, 6.07) is 18.2. The van der Waals surface area contributed by atoms with Crippen LogP contribution in [0.1, 0.15) is 21.5 Å². The average Bonchev–Trinajstić information content (AvgIpc) is 2.92. The fourth-order valence-corrected chi connectivity index (χ4v) is 3.38. The van der Waals surface area contributed by atoms with Crippen LogP contribution in [0.5, 0.6) is 0 Å². The minimum atomic E-state index is -0.631. The van der Waals surface area contributed by atoms with E-state index in [1.165, 1.54) is 34.9 Å². The van der Waals surface area contributed by atoms with E-state index in [2.05, 4.69) is 17.4 Å². The quantitative estimate of drug-likeness (QED) is 0.528. The molecule has 118 valence electrons. The molecule has 0 heterocycles. The molecule has 2 nitrogen and oxygen atoms in total. The van der Waals surface area contributed by atoms with Gasteiger partial charge in [-0.1, -0.05) is 48.0 Å². The first-order valence-electron chi connectivity index (χ1n) is 7.60. The Morgan fingerprint density at radius 2 is 1.75 bits per heavy atom. The Hall–Kier alpha value is -2.65. The van der Waals surface area contributed by atoms with Gasteiger partial charge in [0.1, 0.15) is 5.82 Å². The molecule has 3 aromatic carbocycles. The van der Waals surface area contributed by atoms with Crippen LogP contribution in [0.2, 0.25) is 5.02 Å². The third-order valence-electron chi connectivity index (χ3n) is 4.24. The molecule has 0 radical (unpaired) electrons. The van der Waals surface area contributed by atoms with Gasteiger partial charge in [-0.3, -0.25) is 4.79 Å². The molecule has 1 aliphatic rings. The zero-order valence-corrected chi connectivity index (χ0v) is 13.4. The lowest BCUT2D eigenvalue weighted by Gasteiger charge is -2.09. The van der Waals surface area contributed by atoms with Crippen molar-refractivity contribution in [3.05, 3.63) is 88.2 Å². The number of rotatable bonds is 2. The maximum Gasteiger partial charge on any atom is 0.260 e. The highest BCUT2D eigenvalue weighted by Crippen LogP contribution is 2.37. The average molecular weight is 338 g/mol. The van der Waals surface area contributed by atoms with Crippen molar-refractivity contribution in [3.8, 4) is 11.1 Å². The monoisotopic (exact) mass is 337 g/mol. The third kappa shape index (κ3) is 2.47. The van der Waals surface area contributed by atoms with Crippen LogP contribution >= 0.6 is 11.6 Å². The SMILES string of the molecule is O=C(Nc1ccc2c(c1)Cc1ccccc1-2)c1c(F)cccc1Cl. The number of nitrogens with one attached hydrogen (secondary N) is 1. The molecule has 0 saturated heterocycles. The van der Waals surface area contributed by atoms with Crippen LogP contribution in [0.3, 0.4) is 0 Å². The van der Waals surface area contributed by atoms with Crippen LogP contribution in [-0.4, -0.2) is 5.91 Å². The van der Waals surface area contributed by atoms with Gasteiger partial charge in [0.15, 0.2) is 0 Å². The van der Waals surface area contributed by atoms with Gasteiger partial charge in [0.05, 0.1) is 10.6 Å². The molecule has 0 atom stereocenters. The number of carbonyl (C=O) groups excluding carboxylic acids is 1. The zero-order chi connectivity index (χ0) is 16.7. The molecule has 0 saturated carbocycles. The van der Waals surface area contributed by atoms with E-state index in [-0.39, 0.29) is 10.6 Å². The van der Waals surface area contributed by atoms with Gasteiger partial charge < -0.3 is 5.32 Å². The summed E-state index contributed by atoms with van der Waals surface area (Å²) in [5.74, 6) is -1.18. The number of hydrogen-bond acceptors (Lipinski definition) is 1. The second-order valence-electron chi connectivity index (χ2n) is 5.76. The highest BCUT2D eigenvalue weighted by Gasteiger charge is 2.20. The Labute approximate surface area is 143 Å². The van der Waals surface area contributed by atoms with Gasteiger partial charge >= 0.3 is 0 Å². The fourth-order valence-electron chi connectivity index (χ4n) is 3.13. The number of hydrogen-bond donors (Lipinski definition) is 1. The summed E-state index contributed by atoms with van der Waals surface area (Å²) < 4.78 is 13.9. The van der Waals surface area contributed by atoms with Crippen LogP contribution in [0.15, 0.2) is 60.7 Å². The Morgan fingerprint density at radius 3 is 2.58 bits per heavy atom. The maximum atomic E-state index is 13.9. The van der Waals surface area contributed by atoms with E-state index in [1.807, 2.05) is 30.3 Å². The van der Waals surface area contributed by atoms with Gasteiger partial charge in [-0.05, 0) is 52.9 Å². The minimum absolute atomic E-state index is 0.0982. The van der Waals surface area contributed by atoms with Crippen molar-refractivity contribution >= 4 is 23.2 Å². The molecule has 1 amide bonds. The molecule has 0 spiro atoms. The molecule has 24 heavy (non-hydrogen) atoms. The van der Waals surface area contributed by atoms with Gasteiger partial charge in [-0.25, -0.2) is 4.39 Å². The van der Waals surface area contributed by atoms with Crippen molar-refractivity contribution in [3.63, 3.8) is 0 Å². The lowest BCUT2D eigenvalue weighted by atomic mass is 10.1. The van der Waals surface area contributed by atoms with Crippen LogP contribution < -0.4 is 5.32 Å². The molecule has 4 rings (SSSR count). The van der Waals surface area contributed by atoms with Crippen LogP contribution in [0.25, 0.3) is 11.1 Å². The number of benzene rings is 3. The Morgan fingerprint density at radius 1 is 0.958 bits per heavy atom.